The van der Waals surface area contributed by atoms with Gasteiger partial charge >= 0.3 is 0 Å². The number of carbonyl (C=O) groups excluding carboxylic acids is 2. The Labute approximate surface area is 436 Å². The number of piperazine rings is 1. The van der Waals surface area contributed by atoms with Crippen LogP contribution in [-0.4, -0.2) is 179 Å². The number of nitrogens with zero attached hydrogens (tertiary/aromatic N) is 6. The number of ether oxygens (including phenoxy) is 10. The summed E-state index contributed by atoms with van der Waals surface area (Å²) >= 11 is 0. The highest BCUT2D eigenvalue weighted by atomic mass is 16.7. The van der Waals surface area contributed by atoms with Crippen LogP contribution in [0.5, 0.6) is 11.5 Å². The van der Waals surface area contributed by atoms with E-state index in [1.165, 1.54) is 18.2 Å². The molecule has 0 aliphatic carbocycles. The van der Waals surface area contributed by atoms with Gasteiger partial charge in [0.2, 0.25) is 5.69 Å². The standard InChI is InChI=1S/C50H61N9O17/c1-66-45-11-10-40(44-9-4-18-76-44)47-46(45)41(32-52-47)50(61)56-15-13-55(14-16-56)49(60)37-5-2-6-39(31-37)75-30-29-71-28-27-70-26-25-69-24-23-68-22-21-67-20-17-57-33-38(53-54-57)34-73-36-74-35-72-19-12-51-48-42(58(62)63)7-3-8-43(48)59(64)65/h2-11,18,31-33,51H,12-17,19-30,34-36H2,1H3,(H,52,61)/p+1. The molecule has 0 saturated carbocycles. The highest BCUT2D eigenvalue weighted by Gasteiger charge is 2.29. The lowest BCUT2D eigenvalue weighted by atomic mass is 10.0. The Kier molecular flexibility index (Phi) is 22.3. The molecule has 0 radical (unpaired) electrons. The fourth-order valence-electron chi connectivity index (χ4n) is 7.91. The average Bonchev–Trinajstić information content (AvgIpc) is 4.25. The number of nitro benzene ring substituents is 2. The molecular weight excluding hydrogens is 999 g/mol. The average molecular weight is 1060 g/mol. The number of nitrogens with one attached hydrogen (secondary N) is 3. The van der Waals surface area contributed by atoms with E-state index >= 15 is 0 Å². The van der Waals surface area contributed by atoms with Gasteiger partial charge in [0, 0.05) is 67.3 Å². The zero-order valence-electron chi connectivity index (χ0n) is 42.1. The van der Waals surface area contributed by atoms with Crippen LogP contribution >= 0.6 is 0 Å². The summed E-state index contributed by atoms with van der Waals surface area (Å²) in [5.41, 5.74) is 2.23. The smallest absolute Gasteiger partial charge is 0.299 e. The molecule has 4 heterocycles. The number of aromatic amines is 2. The number of aromatic nitrogens is 4. The molecule has 3 N–H and O–H groups in total. The highest BCUT2D eigenvalue weighted by molar-refractivity contribution is 6.12. The monoisotopic (exact) mass is 1060 g/mol. The van der Waals surface area contributed by atoms with Crippen molar-refractivity contribution in [3.63, 3.8) is 0 Å². The Morgan fingerprint density at radius 1 is 0.724 bits per heavy atom. The van der Waals surface area contributed by atoms with Crippen molar-refractivity contribution in [2.75, 3.05) is 138 Å². The van der Waals surface area contributed by atoms with Crippen molar-refractivity contribution in [3.05, 3.63) is 122 Å². The summed E-state index contributed by atoms with van der Waals surface area (Å²) in [5, 5.41) is 32.9. The van der Waals surface area contributed by atoms with Crippen LogP contribution in [0.1, 0.15) is 26.4 Å². The van der Waals surface area contributed by atoms with Gasteiger partial charge in [-0.05, 0) is 48.5 Å². The van der Waals surface area contributed by atoms with Gasteiger partial charge in [-0.2, -0.15) is 4.68 Å². The Morgan fingerprint density at radius 3 is 2.00 bits per heavy atom. The van der Waals surface area contributed by atoms with Crippen molar-refractivity contribution in [2.24, 2.45) is 0 Å². The number of methoxy groups -OCH3 is 1. The summed E-state index contributed by atoms with van der Waals surface area (Å²) in [5.74, 6) is 1.54. The van der Waals surface area contributed by atoms with Gasteiger partial charge < -0.3 is 71.9 Å². The summed E-state index contributed by atoms with van der Waals surface area (Å²) in [7, 11) is 1.58. The molecule has 7 rings (SSSR count). The van der Waals surface area contributed by atoms with Gasteiger partial charge in [0.15, 0.2) is 11.9 Å². The Balaban J connectivity index is 0.635. The molecule has 2 amide bonds. The molecule has 0 bridgehead atoms. The van der Waals surface area contributed by atoms with Crippen molar-refractivity contribution in [2.45, 2.75) is 13.2 Å². The van der Waals surface area contributed by atoms with Crippen LogP contribution in [0.3, 0.4) is 0 Å². The molecule has 408 valence electrons. The molecule has 3 aromatic heterocycles. The fraction of sp³-hybridized carbons (Fsp3) is 0.440. The number of hydrogen-bond donors (Lipinski definition) is 3. The number of nitro groups is 2. The summed E-state index contributed by atoms with van der Waals surface area (Å²) in [4.78, 5) is 55.1. The summed E-state index contributed by atoms with van der Waals surface area (Å²) in [6, 6.07) is 18.1. The van der Waals surface area contributed by atoms with E-state index in [1.807, 2.05) is 24.3 Å². The molecule has 3 aromatic carbocycles. The Hall–Kier alpha value is -7.56. The minimum absolute atomic E-state index is 0.0745. The van der Waals surface area contributed by atoms with E-state index in [0.29, 0.717) is 145 Å². The number of carbonyl (C=O) groups is 2. The zero-order valence-corrected chi connectivity index (χ0v) is 42.1. The third-order valence-corrected chi connectivity index (χ3v) is 11.6. The number of fused-ring (bicyclic) bond motifs is 1. The van der Waals surface area contributed by atoms with Crippen LogP contribution in [0.15, 0.2) is 89.8 Å². The van der Waals surface area contributed by atoms with Crippen LogP contribution in [0.4, 0.5) is 17.1 Å². The second-order valence-electron chi connectivity index (χ2n) is 16.6. The van der Waals surface area contributed by atoms with Crippen LogP contribution in [0, 0.1) is 20.2 Å². The maximum Gasteiger partial charge on any atom is 0.299 e. The Bertz CT molecular complexity index is 2730. The first kappa shape index (κ1) is 56.2. The predicted molar refractivity (Wildman–Crippen MR) is 269 cm³/mol. The number of furan rings is 1. The van der Waals surface area contributed by atoms with Crippen LogP contribution in [0.2, 0.25) is 0 Å². The predicted octanol–water partition coefficient (Wildman–Crippen LogP) is 4.60. The van der Waals surface area contributed by atoms with E-state index in [9.17, 15) is 29.8 Å². The molecular formula is C50H62N9O17+. The van der Waals surface area contributed by atoms with Crippen molar-refractivity contribution in [1.29, 1.82) is 0 Å². The van der Waals surface area contributed by atoms with E-state index < -0.39 is 21.2 Å². The number of H-pyrrole nitrogens is 2. The molecule has 1 saturated heterocycles. The first-order valence-corrected chi connectivity index (χ1v) is 24.5. The van der Waals surface area contributed by atoms with Crippen molar-refractivity contribution < 1.29 is 75.9 Å². The minimum Gasteiger partial charge on any atom is -0.496 e. The van der Waals surface area contributed by atoms with Gasteiger partial charge in [-0.15, -0.1) is 0 Å². The third kappa shape index (κ3) is 16.5. The molecule has 1 aliphatic heterocycles. The summed E-state index contributed by atoms with van der Waals surface area (Å²) in [6.07, 6.45) is 5.09. The number of hydrogen-bond acceptors (Lipinski definition) is 19. The van der Waals surface area contributed by atoms with Gasteiger partial charge in [0.05, 0.1) is 112 Å². The largest absolute Gasteiger partial charge is 0.496 e. The van der Waals surface area contributed by atoms with E-state index in [1.54, 1.807) is 64.5 Å². The van der Waals surface area contributed by atoms with Gasteiger partial charge in [-0.1, -0.05) is 11.3 Å². The lowest BCUT2D eigenvalue weighted by Crippen LogP contribution is -2.50. The molecule has 26 nitrogen and oxygen atoms in total. The van der Waals surface area contributed by atoms with Gasteiger partial charge in [0.1, 0.15) is 50.6 Å². The minimum atomic E-state index is -0.693. The van der Waals surface area contributed by atoms with Gasteiger partial charge in [0.25, 0.3) is 23.2 Å². The number of anilines is 1. The van der Waals surface area contributed by atoms with Crippen molar-refractivity contribution in [3.8, 4) is 22.8 Å². The molecule has 76 heavy (non-hydrogen) atoms. The lowest BCUT2D eigenvalue weighted by Gasteiger charge is -2.34. The summed E-state index contributed by atoms with van der Waals surface area (Å²) in [6.45, 7) is 6.57. The summed E-state index contributed by atoms with van der Waals surface area (Å²) < 4.78 is 62.8. The number of amides is 2. The molecule has 0 unspecified atom stereocenters. The first-order chi connectivity index (χ1) is 37.2. The van der Waals surface area contributed by atoms with Gasteiger partial charge in [-0.3, -0.25) is 29.8 Å². The molecule has 6 aromatic rings. The topological polar surface area (TPSA) is 293 Å². The maximum atomic E-state index is 13.8. The molecule has 0 spiro atoms. The van der Waals surface area contributed by atoms with Crippen molar-refractivity contribution in [1.82, 2.24) is 25.1 Å². The van der Waals surface area contributed by atoms with E-state index in [2.05, 4.69) is 20.6 Å². The van der Waals surface area contributed by atoms with Crippen LogP contribution in [-0.2, 0) is 51.0 Å². The second-order valence-corrected chi connectivity index (χ2v) is 16.6. The van der Waals surface area contributed by atoms with Gasteiger partial charge in [-0.25, -0.2) is 0 Å². The molecule has 1 fully saturated rings. The van der Waals surface area contributed by atoms with Crippen LogP contribution in [0.25, 0.3) is 22.2 Å². The quantitative estimate of drug-likeness (QED) is 0.0161. The second kappa shape index (κ2) is 30.1. The maximum absolute atomic E-state index is 13.8. The fourth-order valence-corrected chi connectivity index (χ4v) is 7.91. The molecule has 26 heteroatoms. The lowest BCUT2D eigenvalue weighted by molar-refractivity contribution is -0.754. The molecule has 0 atom stereocenters. The molecule has 1 aliphatic rings. The number of rotatable bonds is 35. The SMILES string of the molecule is COc1ccc(-c2ccco2)c2[nH]cc(C(=O)N3CCN(C(=O)c4cccc(OCCOCCOCCOCCOCCOCC[n+]5cc(COCOCOCCNc6c([N+](=O)[O-])cccc6[N+](=O)[O-])n[nH]5)c4)CC3)c12. The van der Waals surface area contributed by atoms with E-state index in [0.717, 1.165) is 11.1 Å². The van der Waals surface area contributed by atoms with Crippen LogP contribution < -0.4 is 19.5 Å². The first-order valence-electron chi connectivity index (χ1n) is 24.5. The highest BCUT2D eigenvalue weighted by Crippen LogP contribution is 2.37. The number of benzene rings is 3. The van der Waals surface area contributed by atoms with Crippen molar-refractivity contribution >= 4 is 39.8 Å². The van der Waals surface area contributed by atoms with E-state index in [4.69, 9.17) is 51.8 Å². The Morgan fingerprint density at radius 2 is 1.36 bits per heavy atom. The number of para-hydroxylation sites is 1. The van der Waals surface area contributed by atoms with E-state index in [-0.39, 0.29) is 50.8 Å². The zero-order chi connectivity index (χ0) is 53.3. The normalized spacial score (nSPS) is 12.6. The third-order valence-electron chi connectivity index (χ3n) is 11.6.